The second kappa shape index (κ2) is 6.72. The van der Waals surface area contributed by atoms with Crippen LogP contribution in [0.4, 0.5) is 11.4 Å². The van der Waals surface area contributed by atoms with Crippen LogP contribution < -0.4 is 4.90 Å². The summed E-state index contributed by atoms with van der Waals surface area (Å²) in [5, 5.41) is 11.0. The van der Waals surface area contributed by atoms with Crippen molar-refractivity contribution in [3.05, 3.63) is 68.2 Å². The van der Waals surface area contributed by atoms with Crippen LogP contribution in [0, 0.1) is 17.0 Å². The summed E-state index contributed by atoms with van der Waals surface area (Å²) in [7, 11) is 0. The van der Waals surface area contributed by atoms with Crippen LogP contribution >= 0.6 is 15.9 Å². The Kier molecular flexibility index (Phi) is 4.96. The van der Waals surface area contributed by atoms with E-state index in [4.69, 9.17) is 0 Å². The topological polar surface area (TPSA) is 46.4 Å². The minimum absolute atomic E-state index is 0.104. The third kappa shape index (κ3) is 3.61. The number of halogens is 1. The number of nitro benzene ring substituents is 1. The Hall–Kier alpha value is -1.88. The molecule has 0 atom stereocenters. The minimum Gasteiger partial charge on any atom is -0.367 e. The molecule has 4 nitrogen and oxygen atoms in total. The summed E-state index contributed by atoms with van der Waals surface area (Å²) in [4.78, 5) is 12.8. The van der Waals surface area contributed by atoms with Crippen molar-refractivity contribution in [3.63, 3.8) is 0 Å². The highest BCUT2D eigenvalue weighted by Gasteiger charge is 2.16. The van der Waals surface area contributed by atoms with E-state index in [-0.39, 0.29) is 10.6 Å². The van der Waals surface area contributed by atoms with Crippen LogP contribution in [0.25, 0.3) is 0 Å². The molecule has 0 heterocycles. The maximum Gasteiger partial charge on any atom is 0.283 e. The van der Waals surface area contributed by atoms with Crippen molar-refractivity contribution in [2.24, 2.45) is 0 Å². The molecule has 2 aromatic carbocycles. The van der Waals surface area contributed by atoms with E-state index in [9.17, 15) is 10.1 Å². The van der Waals surface area contributed by atoms with Gasteiger partial charge < -0.3 is 4.90 Å². The maximum atomic E-state index is 11.0. The molecule has 0 saturated heterocycles. The molecule has 2 rings (SSSR count). The van der Waals surface area contributed by atoms with Crippen molar-refractivity contribution >= 4 is 27.3 Å². The lowest BCUT2D eigenvalue weighted by Gasteiger charge is -2.24. The number of benzene rings is 2. The molecule has 5 heteroatoms. The van der Waals surface area contributed by atoms with Crippen molar-refractivity contribution in [1.29, 1.82) is 0 Å². The summed E-state index contributed by atoms with van der Waals surface area (Å²) in [6.45, 7) is 5.59. The average molecular weight is 349 g/mol. The first kappa shape index (κ1) is 15.5. The van der Waals surface area contributed by atoms with E-state index in [1.807, 2.05) is 6.07 Å². The fourth-order valence-corrected chi connectivity index (χ4v) is 2.71. The molecule has 0 radical (unpaired) electrons. The van der Waals surface area contributed by atoms with Gasteiger partial charge in [0.05, 0.1) is 4.92 Å². The molecule has 2 aromatic rings. The molecular weight excluding hydrogens is 332 g/mol. The zero-order valence-electron chi connectivity index (χ0n) is 12.0. The fraction of sp³-hybridized carbons (Fsp3) is 0.250. The molecule has 0 spiro atoms. The number of rotatable bonds is 5. The lowest BCUT2D eigenvalue weighted by molar-refractivity contribution is -0.385. The molecule has 0 bridgehead atoms. The molecule has 0 aliphatic carbocycles. The van der Waals surface area contributed by atoms with Gasteiger partial charge in [-0.3, -0.25) is 10.1 Å². The van der Waals surface area contributed by atoms with Crippen molar-refractivity contribution < 1.29 is 4.92 Å². The quantitative estimate of drug-likeness (QED) is 0.581. The number of nitro groups is 1. The SMILES string of the molecule is CCN(Cc1cccc([N+](=O)[O-])c1Br)c1ccc(C)cc1. The predicted octanol–water partition coefficient (Wildman–Crippen LogP) is 4.69. The molecule has 21 heavy (non-hydrogen) atoms. The largest absolute Gasteiger partial charge is 0.367 e. The van der Waals surface area contributed by atoms with Crippen LogP contribution in [-0.4, -0.2) is 11.5 Å². The summed E-state index contributed by atoms with van der Waals surface area (Å²) < 4.78 is 0.556. The average Bonchev–Trinajstić information content (AvgIpc) is 2.47. The third-order valence-corrected chi connectivity index (χ3v) is 4.31. The van der Waals surface area contributed by atoms with E-state index in [0.717, 1.165) is 17.8 Å². The Balaban J connectivity index is 2.29. The van der Waals surface area contributed by atoms with Crippen LogP contribution in [0.2, 0.25) is 0 Å². The number of hydrogen-bond donors (Lipinski definition) is 0. The van der Waals surface area contributed by atoms with Gasteiger partial charge in [-0.2, -0.15) is 0 Å². The molecule has 0 fully saturated rings. The van der Waals surface area contributed by atoms with Crippen LogP contribution in [0.3, 0.4) is 0 Å². The van der Waals surface area contributed by atoms with Gasteiger partial charge in [0.1, 0.15) is 4.47 Å². The van der Waals surface area contributed by atoms with Gasteiger partial charge in [0.25, 0.3) is 5.69 Å². The number of aryl methyl sites for hydroxylation is 1. The van der Waals surface area contributed by atoms with Crippen LogP contribution in [0.5, 0.6) is 0 Å². The lowest BCUT2D eigenvalue weighted by atomic mass is 10.1. The van der Waals surface area contributed by atoms with Gasteiger partial charge in [-0.1, -0.05) is 29.8 Å². The van der Waals surface area contributed by atoms with E-state index in [1.165, 1.54) is 11.6 Å². The molecule has 110 valence electrons. The number of nitrogens with zero attached hydrogens (tertiary/aromatic N) is 2. The highest BCUT2D eigenvalue weighted by molar-refractivity contribution is 9.10. The molecule has 0 N–H and O–H groups in total. The minimum atomic E-state index is -0.365. The van der Waals surface area contributed by atoms with Crippen molar-refractivity contribution in [1.82, 2.24) is 0 Å². The Morgan fingerprint density at radius 1 is 1.19 bits per heavy atom. The Morgan fingerprint density at radius 3 is 2.43 bits per heavy atom. The Bertz CT molecular complexity index is 641. The van der Waals surface area contributed by atoms with Gasteiger partial charge in [0.15, 0.2) is 0 Å². The summed E-state index contributed by atoms with van der Waals surface area (Å²) in [5.41, 5.74) is 3.34. The maximum absolute atomic E-state index is 11.0. The summed E-state index contributed by atoms with van der Waals surface area (Å²) in [6.07, 6.45) is 0. The molecule has 0 amide bonds. The standard InChI is InChI=1S/C16H17BrN2O2/c1-3-18(14-9-7-12(2)8-10-14)11-13-5-4-6-15(16(13)17)19(20)21/h4-10H,3,11H2,1-2H3. The van der Waals surface area contributed by atoms with E-state index in [2.05, 4.69) is 58.9 Å². The molecule has 0 saturated carbocycles. The van der Waals surface area contributed by atoms with E-state index in [1.54, 1.807) is 6.07 Å². The van der Waals surface area contributed by atoms with Crippen molar-refractivity contribution in [2.45, 2.75) is 20.4 Å². The molecular formula is C16H17BrN2O2. The number of anilines is 1. The smallest absolute Gasteiger partial charge is 0.283 e. The summed E-state index contributed by atoms with van der Waals surface area (Å²) >= 11 is 3.36. The monoisotopic (exact) mass is 348 g/mol. The van der Waals surface area contributed by atoms with Crippen LogP contribution in [-0.2, 0) is 6.54 Å². The molecule has 0 aromatic heterocycles. The first-order chi connectivity index (χ1) is 10.0. The zero-order valence-corrected chi connectivity index (χ0v) is 13.6. The van der Waals surface area contributed by atoms with Crippen LogP contribution in [0.15, 0.2) is 46.9 Å². The van der Waals surface area contributed by atoms with Gasteiger partial charge in [-0.25, -0.2) is 0 Å². The molecule has 0 aliphatic rings. The first-order valence-electron chi connectivity index (χ1n) is 6.76. The predicted molar refractivity (Wildman–Crippen MR) is 88.7 cm³/mol. The highest BCUT2D eigenvalue weighted by atomic mass is 79.9. The van der Waals surface area contributed by atoms with E-state index >= 15 is 0 Å². The van der Waals surface area contributed by atoms with Gasteiger partial charge >= 0.3 is 0 Å². The Morgan fingerprint density at radius 2 is 1.86 bits per heavy atom. The molecule has 0 aliphatic heterocycles. The highest BCUT2D eigenvalue weighted by Crippen LogP contribution is 2.30. The zero-order chi connectivity index (χ0) is 15.4. The molecule has 0 unspecified atom stereocenters. The second-order valence-corrected chi connectivity index (χ2v) is 5.65. The van der Waals surface area contributed by atoms with E-state index in [0.29, 0.717) is 11.0 Å². The van der Waals surface area contributed by atoms with Crippen LogP contribution in [0.1, 0.15) is 18.1 Å². The van der Waals surface area contributed by atoms with Gasteiger partial charge in [-0.15, -0.1) is 0 Å². The van der Waals surface area contributed by atoms with Gasteiger partial charge in [-0.05, 0) is 47.5 Å². The number of hydrogen-bond acceptors (Lipinski definition) is 3. The summed E-state index contributed by atoms with van der Waals surface area (Å²) in [6, 6.07) is 13.4. The second-order valence-electron chi connectivity index (χ2n) is 4.86. The van der Waals surface area contributed by atoms with Crippen molar-refractivity contribution in [3.8, 4) is 0 Å². The van der Waals surface area contributed by atoms with Gasteiger partial charge in [0, 0.05) is 24.8 Å². The lowest BCUT2D eigenvalue weighted by Crippen LogP contribution is -2.22. The first-order valence-corrected chi connectivity index (χ1v) is 7.55. The van der Waals surface area contributed by atoms with Gasteiger partial charge in [0.2, 0.25) is 0 Å². The van der Waals surface area contributed by atoms with Crippen molar-refractivity contribution in [2.75, 3.05) is 11.4 Å². The summed E-state index contributed by atoms with van der Waals surface area (Å²) in [5.74, 6) is 0. The third-order valence-electron chi connectivity index (χ3n) is 3.40. The normalized spacial score (nSPS) is 10.4. The fourth-order valence-electron chi connectivity index (χ4n) is 2.18. The Labute approximate surface area is 132 Å². The van der Waals surface area contributed by atoms with E-state index < -0.39 is 0 Å².